The molecule has 4 nitrogen and oxygen atoms in total. The molecule has 0 unspecified atom stereocenters. The van der Waals surface area contributed by atoms with Gasteiger partial charge in [0.05, 0.1) is 0 Å². The number of allylic oxidation sites excluding steroid dienone is 2. The number of benzene rings is 2. The van der Waals surface area contributed by atoms with Crippen LogP contribution < -0.4 is 0 Å². The summed E-state index contributed by atoms with van der Waals surface area (Å²) >= 11 is -2.58. The molecule has 2 rings (SSSR count). The van der Waals surface area contributed by atoms with Gasteiger partial charge >= 0.3 is 250 Å². The Hall–Kier alpha value is -1.56. The molecule has 0 saturated heterocycles. The topological polar surface area (TPSA) is 68.3 Å². The van der Waals surface area contributed by atoms with E-state index in [1.165, 1.54) is 76.1 Å². The molecule has 0 N–H and O–H groups in total. The summed E-state index contributed by atoms with van der Waals surface area (Å²) in [5.41, 5.74) is 1.12. The molecule has 0 heterocycles. The summed E-state index contributed by atoms with van der Waals surface area (Å²) in [7, 11) is -8.74. The first-order valence-electron chi connectivity index (χ1n) is 14.7. The summed E-state index contributed by atoms with van der Waals surface area (Å²) in [5, 5.41) is 0. The molecule has 0 atom stereocenters. The van der Waals surface area contributed by atoms with Gasteiger partial charge in [0.15, 0.2) is 0 Å². The maximum atomic E-state index is 14.3. The Morgan fingerprint density at radius 1 is 0.775 bits per heavy atom. The predicted molar refractivity (Wildman–Crippen MR) is 172 cm³/mol. The third-order valence-electron chi connectivity index (χ3n) is 8.06. The molecule has 0 aromatic heterocycles. The van der Waals surface area contributed by atoms with Crippen molar-refractivity contribution in [1.82, 2.24) is 0 Å². The van der Waals surface area contributed by atoms with Crippen LogP contribution in [0.5, 0.6) is 0 Å². The average Bonchev–Trinajstić information content (AvgIpc) is 2.96. The van der Waals surface area contributed by atoms with Crippen LogP contribution in [0.1, 0.15) is 79.1 Å². The second-order valence-electron chi connectivity index (χ2n) is 11.2. The zero-order valence-corrected chi connectivity index (χ0v) is 29.4. The third-order valence-corrected chi connectivity index (χ3v) is 29.6. The Morgan fingerprint density at radius 3 is 1.52 bits per heavy atom. The molecule has 2 aromatic rings. The van der Waals surface area contributed by atoms with Crippen LogP contribution in [0.15, 0.2) is 82.1 Å². The van der Waals surface area contributed by atoms with E-state index in [-0.39, 0.29) is 16.2 Å². The van der Waals surface area contributed by atoms with Crippen LogP contribution >= 0.6 is 0 Å². The van der Waals surface area contributed by atoms with Crippen molar-refractivity contribution in [1.29, 1.82) is 0 Å². The number of sulfone groups is 2. The molecule has 0 radical (unpaired) electrons. The average molecular weight is 692 g/mol. The molecule has 0 aliphatic carbocycles. The van der Waals surface area contributed by atoms with Gasteiger partial charge in [-0.25, -0.2) is 0 Å². The van der Waals surface area contributed by atoms with Gasteiger partial charge in [-0.05, 0) is 0 Å². The van der Waals surface area contributed by atoms with E-state index in [0.29, 0.717) is 0 Å². The van der Waals surface area contributed by atoms with Crippen LogP contribution in [-0.4, -0.2) is 39.3 Å². The number of hydrogen-bond donors (Lipinski definition) is 0. The first-order valence-corrected chi connectivity index (χ1v) is 25.8. The van der Waals surface area contributed by atoms with Crippen molar-refractivity contribution < 1.29 is 16.8 Å². The summed E-state index contributed by atoms with van der Waals surface area (Å²) in [4.78, 5) is -0.0589. The first-order chi connectivity index (χ1) is 19.1. The van der Waals surface area contributed by atoms with Crippen LogP contribution in [0.4, 0.5) is 0 Å². The molecular formula is C33H48O4S2Sn. The minimum absolute atomic E-state index is 0.0295. The fourth-order valence-corrected chi connectivity index (χ4v) is 27.4. The quantitative estimate of drug-likeness (QED) is 0.0891. The molecule has 0 aliphatic rings. The summed E-state index contributed by atoms with van der Waals surface area (Å²) in [6.07, 6.45) is 14.3. The van der Waals surface area contributed by atoms with Gasteiger partial charge < -0.3 is 0 Å². The van der Waals surface area contributed by atoms with Gasteiger partial charge in [-0.3, -0.25) is 0 Å². The SMILES string of the molecule is C#CCC(C/C=C(\C)[CH2][Sn]([CH2]CCC)([CH2]CCC)[CH2]CCC)(S(=O)(=O)c1ccccc1)S(=O)(=O)c1ccccc1. The van der Waals surface area contributed by atoms with E-state index >= 15 is 0 Å². The fraction of sp³-hybridized carbons (Fsp3) is 0.515. The number of terminal acetylenes is 1. The van der Waals surface area contributed by atoms with Crippen LogP contribution in [-0.2, 0) is 19.7 Å². The molecule has 0 aliphatic heterocycles. The van der Waals surface area contributed by atoms with Crippen molar-refractivity contribution in [2.75, 3.05) is 0 Å². The molecule has 0 spiro atoms. The molecule has 0 fully saturated rings. The van der Waals surface area contributed by atoms with Gasteiger partial charge in [-0.15, -0.1) is 0 Å². The molecule has 0 amide bonds. The Kier molecular flexibility index (Phi) is 14.0. The van der Waals surface area contributed by atoms with Crippen molar-refractivity contribution in [3.63, 3.8) is 0 Å². The summed E-state index contributed by atoms with van der Waals surface area (Å²) in [6.45, 7) is 8.81. The molecule has 40 heavy (non-hydrogen) atoms. The molecule has 7 heteroatoms. The number of rotatable bonds is 18. The van der Waals surface area contributed by atoms with Crippen molar-refractivity contribution >= 4 is 38.1 Å². The van der Waals surface area contributed by atoms with Gasteiger partial charge in [0.2, 0.25) is 0 Å². The van der Waals surface area contributed by atoms with Crippen molar-refractivity contribution in [3.8, 4) is 12.3 Å². The van der Waals surface area contributed by atoms with Gasteiger partial charge in [0, 0.05) is 0 Å². The Morgan fingerprint density at radius 2 is 1.18 bits per heavy atom. The Bertz CT molecular complexity index is 1230. The van der Waals surface area contributed by atoms with E-state index in [9.17, 15) is 16.8 Å². The zero-order valence-electron chi connectivity index (χ0n) is 24.9. The van der Waals surface area contributed by atoms with Crippen LogP contribution in [0.2, 0.25) is 17.7 Å². The standard InChI is InChI=1S/C21H21O4S2.3C4H9.Sn/c1-4-16-21(17-15-18(2)3,26(22,23)19-11-7-5-8-12-19)27(24,25)20-13-9-6-10-14-20;3*1-3-4-2;/h1,5-15H,2,16-17H2,3H3;3*1,3-4H2,2H3;/b18-15-;;;;. The first kappa shape index (κ1) is 34.6. The van der Waals surface area contributed by atoms with E-state index in [4.69, 9.17) is 6.42 Å². The van der Waals surface area contributed by atoms with Crippen LogP contribution in [0.25, 0.3) is 0 Å². The predicted octanol–water partition coefficient (Wildman–Crippen LogP) is 8.84. The van der Waals surface area contributed by atoms with Crippen molar-refractivity contribution in [2.45, 2.75) is 111 Å². The van der Waals surface area contributed by atoms with Crippen LogP contribution in [0.3, 0.4) is 0 Å². The zero-order chi connectivity index (χ0) is 29.7. The summed E-state index contributed by atoms with van der Waals surface area (Å²) in [5.74, 6) is 2.44. The van der Waals surface area contributed by atoms with E-state index in [1.54, 1.807) is 36.4 Å². The third kappa shape index (κ3) is 8.26. The van der Waals surface area contributed by atoms with Gasteiger partial charge in [0.1, 0.15) is 0 Å². The minimum atomic E-state index is -4.37. The van der Waals surface area contributed by atoms with Gasteiger partial charge in [0.25, 0.3) is 0 Å². The fourth-order valence-electron chi connectivity index (χ4n) is 5.70. The molecule has 2 aromatic carbocycles. The molecule has 220 valence electrons. The maximum absolute atomic E-state index is 14.3. The van der Waals surface area contributed by atoms with Crippen LogP contribution in [0, 0.1) is 12.3 Å². The van der Waals surface area contributed by atoms with E-state index in [1.807, 2.05) is 6.08 Å². The van der Waals surface area contributed by atoms with E-state index < -0.39 is 48.6 Å². The molecule has 0 saturated carbocycles. The monoisotopic (exact) mass is 692 g/mol. The summed E-state index contributed by atoms with van der Waals surface area (Å²) in [6, 6.07) is 15.7. The second-order valence-corrected chi connectivity index (χ2v) is 29.8. The van der Waals surface area contributed by atoms with E-state index in [2.05, 4.69) is 33.6 Å². The van der Waals surface area contributed by atoms with E-state index in [0.717, 1.165) is 10.0 Å². The molecular weight excluding hydrogens is 643 g/mol. The van der Waals surface area contributed by atoms with Gasteiger partial charge in [-0.1, -0.05) is 0 Å². The number of unbranched alkanes of at least 4 members (excludes halogenated alkanes) is 3. The van der Waals surface area contributed by atoms with Crippen molar-refractivity contribution in [3.05, 3.63) is 72.3 Å². The Labute approximate surface area is 248 Å². The summed E-state index contributed by atoms with van der Waals surface area (Å²) < 4.78 is 60.0. The Balaban J connectivity index is 2.68. The normalized spacial score (nSPS) is 13.2. The van der Waals surface area contributed by atoms with Crippen molar-refractivity contribution in [2.24, 2.45) is 0 Å². The molecule has 0 bridgehead atoms. The number of hydrogen-bond acceptors (Lipinski definition) is 4. The second kappa shape index (κ2) is 16.2. The van der Waals surface area contributed by atoms with Gasteiger partial charge in [-0.2, -0.15) is 0 Å².